The second kappa shape index (κ2) is 17.1. The molecule has 0 saturated carbocycles. The first-order valence-corrected chi connectivity index (χ1v) is 18.0. The van der Waals surface area contributed by atoms with E-state index in [9.17, 15) is 0 Å². The van der Waals surface area contributed by atoms with E-state index < -0.39 is 0 Å². The van der Waals surface area contributed by atoms with Crippen LogP contribution in [0.5, 0.6) is 17.2 Å². The summed E-state index contributed by atoms with van der Waals surface area (Å²) in [6.07, 6.45) is 12.8. The zero-order valence-electron chi connectivity index (χ0n) is 30.8. The third-order valence-corrected chi connectivity index (χ3v) is 9.42. The predicted octanol–water partition coefficient (Wildman–Crippen LogP) is 13.2. The van der Waals surface area contributed by atoms with E-state index in [1.54, 1.807) is 21.3 Å². The highest BCUT2D eigenvalue weighted by atomic mass is 16.5. The van der Waals surface area contributed by atoms with Crippen LogP contribution < -0.4 is 14.2 Å². The van der Waals surface area contributed by atoms with Gasteiger partial charge in [-0.2, -0.15) is 0 Å². The van der Waals surface area contributed by atoms with Gasteiger partial charge in [-0.05, 0) is 121 Å². The van der Waals surface area contributed by atoms with Gasteiger partial charge in [-0.3, -0.25) is 0 Å². The fourth-order valence-corrected chi connectivity index (χ4v) is 6.21. The molecule has 0 bridgehead atoms. The summed E-state index contributed by atoms with van der Waals surface area (Å²) in [5.74, 6) is 2.56. The average molecular weight is 703 g/mol. The normalized spacial score (nSPS) is 11.4. The number of methoxy groups -OCH3 is 3. The average Bonchev–Trinajstić information content (AvgIpc) is 3.25. The van der Waals surface area contributed by atoms with Crippen molar-refractivity contribution in [3.63, 3.8) is 0 Å². The van der Waals surface area contributed by atoms with E-state index in [2.05, 4.69) is 164 Å². The van der Waals surface area contributed by atoms with E-state index in [4.69, 9.17) is 14.2 Å². The second-order valence-corrected chi connectivity index (χ2v) is 13.0. The molecular formula is C51H42O3. The van der Waals surface area contributed by atoms with Crippen LogP contribution >= 0.6 is 0 Å². The smallest absolute Gasteiger partial charge is 0.118 e. The van der Waals surface area contributed by atoms with Gasteiger partial charge < -0.3 is 14.2 Å². The summed E-state index contributed by atoms with van der Waals surface area (Å²) in [5.41, 5.74) is 13.8. The Kier molecular flexibility index (Phi) is 11.3. The summed E-state index contributed by atoms with van der Waals surface area (Å²) >= 11 is 0. The molecule has 0 fully saturated rings. The standard InChI is InChI=1S/C51H42O3/c1-52-49-28-16-40(17-29-49)7-4-37-10-22-43(23-11-37)46-34-47(44-24-12-38(13-25-44)5-8-41-18-30-50(53-2)31-19-41)36-48(35-46)45-26-14-39(15-27-45)6-9-42-20-32-51(54-3)33-21-42/h4-36H,1-3H3. The van der Waals surface area contributed by atoms with E-state index in [1.165, 1.54) is 16.7 Å². The zero-order chi connectivity index (χ0) is 37.1. The van der Waals surface area contributed by atoms with Gasteiger partial charge in [-0.25, -0.2) is 0 Å². The molecule has 3 heteroatoms. The Hall–Kier alpha value is -6.84. The van der Waals surface area contributed by atoms with Crippen LogP contribution in [0.3, 0.4) is 0 Å². The molecule has 0 unspecified atom stereocenters. The quantitative estimate of drug-likeness (QED) is 0.119. The maximum Gasteiger partial charge on any atom is 0.118 e. The molecule has 54 heavy (non-hydrogen) atoms. The number of hydrogen-bond acceptors (Lipinski definition) is 3. The molecule has 3 nitrogen and oxygen atoms in total. The summed E-state index contributed by atoms with van der Waals surface area (Å²) in [6, 6.07) is 57.4. The van der Waals surface area contributed by atoms with Crippen molar-refractivity contribution in [3.8, 4) is 50.6 Å². The van der Waals surface area contributed by atoms with Crippen LogP contribution in [-0.2, 0) is 0 Å². The SMILES string of the molecule is COc1ccc(C=Cc2ccc(-c3cc(-c4ccc(C=Cc5ccc(OC)cc5)cc4)cc(-c4ccc(C=Cc5ccc(OC)cc5)cc4)c3)cc2)cc1. The summed E-state index contributed by atoms with van der Waals surface area (Å²) in [6.45, 7) is 0. The molecule has 0 aromatic heterocycles. The third kappa shape index (κ3) is 9.14. The lowest BCUT2D eigenvalue weighted by Crippen LogP contribution is -1.87. The van der Waals surface area contributed by atoms with Gasteiger partial charge in [0.15, 0.2) is 0 Å². The third-order valence-electron chi connectivity index (χ3n) is 9.42. The topological polar surface area (TPSA) is 27.7 Å². The van der Waals surface area contributed by atoms with Crippen LogP contribution in [0.15, 0.2) is 164 Å². The molecule has 7 aromatic rings. The Morgan fingerprint density at radius 1 is 0.241 bits per heavy atom. The second-order valence-electron chi connectivity index (χ2n) is 13.0. The molecule has 7 aromatic carbocycles. The molecule has 0 radical (unpaired) electrons. The van der Waals surface area contributed by atoms with Crippen molar-refractivity contribution in [1.29, 1.82) is 0 Å². The Balaban J connectivity index is 1.16. The summed E-state index contributed by atoms with van der Waals surface area (Å²) in [7, 11) is 5.06. The van der Waals surface area contributed by atoms with Crippen LogP contribution in [-0.4, -0.2) is 21.3 Å². The lowest BCUT2D eigenvalue weighted by Gasteiger charge is -2.12. The largest absolute Gasteiger partial charge is 0.497 e. The van der Waals surface area contributed by atoms with E-state index in [0.717, 1.165) is 67.3 Å². The lowest BCUT2D eigenvalue weighted by molar-refractivity contribution is 0.414. The molecule has 0 N–H and O–H groups in total. The van der Waals surface area contributed by atoms with Crippen molar-refractivity contribution in [2.24, 2.45) is 0 Å². The summed E-state index contributed by atoms with van der Waals surface area (Å²) < 4.78 is 15.9. The minimum atomic E-state index is 0.855. The molecule has 0 heterocycles. The van der Waals surface area contributed by atoms with Crippen molar-refractivity contribution >= 4 is 36.5 Å². The lowest BCUT2D eigenvalue weighted by atomic mass is 9.92. The highest BCUT2D eigenvalue weighted by Gasteiger charge is 2.08. The number of hydrogen-bond donors (Lipinski definition) is 0. The van der Waals surface area contributed by atoms with Crippen molar-refractivity contribution < 1.29 is 14.2 Å². The van der Waals surface area contributed by atoms with Crippen molar-refractivity contribution in [1.82, 2.24) is 0 Å². The van der Waals surface area contributed by atoms with Gasteiger partial charge in [0, 0.05) is 0 Å². The van der Waals surface area contributed by atoms with Crippen molar-refractivity contribution in [3.05, 3.63) is 197 Å². The molecule has 0 aliphatic rings. The van der Waals surface area contributed by atoms with E-state index in [1.807, 2.05) is 36.4 Å². The van der Waals surface area contributed by atoms with Crippen LogP contribution in [0.1, 0.15) is 33.4 Å². The van der Waals surface area contributed by atoms with E-state index >= 15 is 0 Å². The molecule has 0 atom stereocenters. The van der Waals surface area contributed by atoms with Gasteiger partial charge in [0.2, 0.25) is 0 Å². The summed E-state index contributed by atoms with van der Waals surface area (Å²) in [4.78, 5) is 0. The zero-order valence-corrected chi connectivity index (χ0v) is 30.8. The van der Waals surface area contributed by atoms with Gasteiger partial charge in [0.05, 0.1) is 21.3 Å². The molecule has 0 aliphatic carbocycles. The fraction of sp³-hybridized carbons (Fsp3) is 0.0588. The predicted molar refractivity (Wildman–Crippen MR) is 229 cm³/mol. The number of benzene rings is 7. The Bertz CT molecular complexity index is 2080. The first-order valence-electron chi connectivity index (χ1n) is 18.0. The maximum absolute atomic E-state index is 5.30. The Labute approximate surface area is 318 Å². The molecule has 0 amide bonds. The Morgan fingerprint density at radius 3 is 0.611 bits per heavy atom. The highest BCUT2D eigenvalue weighted by molar-refractivity contribution is 5.83. The Morgan fingerprint density at radius 2 is 0.426 bits per heavy atom. The van der Waals surface area contributed by atoms with Crippen molar-refractivity contribution in [2.75, 3.05) is 21.3 Å². The number of rotatable bonds is 12. The van der Waals surface area contributed by atoms with Gasteiger partial charge in [0.1, 0.15) is 17.2 Å². The first kappa shape index (κ1) is 35.6. The van der Waals surface area contributed by atoms with Crippen molar-refractivity contribution in [2.45, 2.75) is 0 Å². The molecular weight excluding hydrogens is 661 g/mol. The molecule has 7 rings (SSSR count). The van der Waals surface area contributed by atoms with Gasteiger partial charge in [0.25, 0.3) is 0 Å². The minimum Gasteiger partial charge on any atom is -0.497 e. The van der Waals surface area contributed by atoms with E-state index in [0.29, 0.717) is 0 Å². The summed E-state index contributed by atoms with van der Waals surface area (Å²) in [5, 5.41) is 0. The fourth-order valence-electron chi connectivity index (χ4n) is 6.21. The van der Waals surface area contributed by atoms with Gasteiger partial charge in [-0.15, -0.1) is 0 Å². The molecule has 0 saturated heterocycles. The molecule has 264 valence electrons. The van der Waals surface area contributed by atoms with Gasteiger partial charge >= 0.3 is 0 Å². The number of ether oxygens (including phenoxy) is 3. The van der Waals surface area contributed by atoms with Crippen LogP contribution in [0.4, 0.5) is 0 Å². The maximum atomic E-state index is 5.30. The highest BCUT2D eigenvalue weighted by Crippen LogP contribution is 2.34. The first-order chi connectivity index (χ1) is 26.5. The minimum absolute atomic E-state index is 0.855. The van der Waals surface area contributed by atoms with Gasteiger partial charge in [-0.1, -0.05) is 146 Å². The molecule has 0 aliphatic heterocycles. The van der Waals surface area contributed by atoms with Crippen LogP contribution in [0.2, 0.25) is 0 Å². The van der Waals surface area contributed by atoms with E-state index in [-0.39, 0.29) is 0 Å². The monoisotopic (exact) mass is 702 g/mol. The molecule has 0 spiro atoms. The van der Waals surface area contributed by atoms with Crippen LogP contribution in [0.25, 0.3) is 69.8 Å². The van der Waals surface area contributed by atoms with Crippen LogP contribution in [0, 0.1) is 0 Å².